The van der Waals surface area contributed by atoms with E-state index in [-0.39, 0.29) is 22.2 Å². The van der Waals surface area contributed by atoms with Gasteiger partial charge in [0.05, 0.1) is 0 Å². The van der Waals surface area contributed by atoms with Crippen molar-refractivity contribution >= 4 is 80.7 Å². The number of β-lactam (4-membered cyclic amide) rings is 1. The van der Waals surface area contributed by atoms with Crippen LogP contribution in [-0.4, -0.2) is 79.0 Å². The number of benzene rings is 2. The Morgan fingerprint density at radius 3 is 2.41 bits per heavy atom. The van der Waals surface area contributed by atoms with E-state index < -0.39 is 47.8 Å². The number of anilines is 1. The molecule has 1 fully saturated rings. The van der Waals surface area contributed by atoms with E-state index in [1.165, 1.54) is 45.1 Å². The Bertz CT molecular complexity index is 1850. The lowest BCUT2D eigenvalue weighted by Crippen LogP contribution is -2.71. The molecular weight excluding hydrogens is 711 g/mol. The van der Waals surface area contributed by atoms with Crippen molar-refractivity contribution in [3.63, 3.8) is 0 Å². The number of amides is 3. The van der Waals surface area contributed by atoms with Gasteiger partial charge in [0.25, 0.3) is 17.7 Å². The third-order valence-corrected chi connectivity index (χ3v) is 11.1. The van der Waals surface area contributed by atoms with E-state index in [9.17, 15) is 19.2 Å². The maximum absolute atomic E-state index is 14.2. The zero-order valence-corrected chi connectivity index (χ0v) is 28.5. The van der Waals surface area contributed by atoms with E-state index in [0.29, 0.717) is 21.4 Å². The fourth-order valence-corrected chi connectivity index (χ4v) is 8.43. The fraction of sp³-hybridized carbons (Fsp3) is 0.200. The highest BCUT2D eigenvalue weighted by molar-refractivity contribution is 8.01. The number of hydrogen-bond donors (Lipinski definition) is 4. The molecular formula is C30H27N9O6S4. The molecule has 252 valence electrons. The first-order valence-corrected chi connectivity index (χ1v) is 18.2. The number of hydrazine groups is 1. The Balaban J connectivity index is 1.26. The van der Waals surface area contributed by atoms with Crippen molar-refractivity contribution in [3.05, 3.63) is 99.6 Å². The number of nitrogens with two attached hydrogens (primary N) is 2. The normalized spacial score (nSPS) is 17.3. The van der Waals surface area contributed by atoms with Gasteiger partial charge in [0, 0.05) is 16.9 Å². The van der Waals surface area contributed by atoms with E-state index in [2.05, 4.69) is 25.7 Å². The lowest BCUT2D eigenvalue weighted by atomic mass is 10.0. The number of nitrogen functional groups attached to an aromatic ring is 1. The zero-order chi connectivity index (χ0) is 34.3. The van der Waals surface area contributed by atoms with Crippen molar-refractivity contribution in [2.24, 2.45) is 11.0 Å². The van der Waals surface area contributed by atoms with Crippen LogP contribution < -0.4 is 22.3 Å². The SMILES string of the molecule is NNC(=O)CO/N=C(/C(=O)NC1C(=O)N2C(C(=O)OC(c3ccccc3)c3ccccc3)=C(CSc3nncs3)CS[C@H]12)c1csc(N)n1. The van der Waals surface area contributed by atoms with Gasteiger partial charge in [0.1, 0.15) is 28.3 Å². The van der Waals surface area contributed by atoms with Crippen molar-refractivity contribution in [1.29, 1.82) is 0 Å². The van der Waals surface area contributed by atoms with Crippen LogP contribution in [0.25, 0.3) is 0 Å². The first kappa shape index (κ1) is 34.1. The molecule has 0 aliphatic carbocycles. The lowest BCUT2D eigenvalue weighted by molar-refractivity contribution is -0.154. The van der Waals surface area contributed by atoms with Crippen LogP contribution in [0.3, 0.4) is 0 Å². The number of rotatable bonds is 13. The molecule has 19 heteroatoms. The first-order chi connectivity index (χ1) is 23.8. The second-order valence-corrected chi connectivity index (χ2v) is 14.3. The summed E-state index contributed by atoms with van der Waals surface area (Å²) >= 11 is 5.22. The van der Waals surface area contributed by atoms with Crippen LogP contribution in [-0.2, 0) is 28.8 Å². The molecule has 0 spiro atoms. The van der Waals surface area contributed by atoms with E-state index in [0.717, 1.165) is 22.5 Å². The summed E-state index contributed by atoms with van der Waals surface area (Å²) in [5, 5.41) is 15.4. The number of thioether (sulfide) groups is 2. The summed E-state index contributed by atoms with van der Waals surface area (Å²) in [5.41, 5.74) is 11.4. The van der Waals surface area contributed by atoms with E-state index >= 15 is 0 Å². The van der Waals surface area contributed by atoms with Crippen molar-refractivity contribution in [1.82, 2.24) is 30.8 Å². The molecule has 1 saturated heterocycles. The highest BCUT2D eigenvalue weighted by Gasteiger charge is 2.55. The minimum absolute atomic E-state index is 0.0844. The average molecular weight is 738 g/mol. The number of nitrogens with one attached hydrogen (secondary N) is 2. The molecule has 4 aromatic rings. The van der Waals surface area contributed by atoms with E-state index in [1.54, 1.807) is 5.51 Å². The van der Waals surface area contributed by atoms with Crippen molar-refractivity contribution in [2.75, 3.05) is 23.8 Å². The minimum atomic E-state index is -1.02. The number of thiazole rings is 1. The Kier molecular flexibility index (Phi) is 10.8. The summed E-state index contributed by atoms with van der Waals surface area (Å²) < 4.78 is 6.91. The van der Waals surface area contributed by atoms with Gasteiger partial charge in [-0.1, -0.05) is 88.9 Å². The van der Waals surface area contributed by atoms with Gasteiger partial charge >= 0.3 is 5.97 Å². The quantitative estimate of drug-likeness (QED) is 0.0294. The third-order valence-electron chi connectivity index (χ3n) is 7.16. The predicted molar refractivity (Wildman–Crippen MR) is 185 cm³/mol. The summed E-state index contributed by atoms with van der Waals surface area (Å²) in [7, 11) is 0. The molecule has 6 rings (SSSR count). The van der Waals surface area contributed by atoms with Crippen LogP contribution in [0.2, 0.25) is 0 Å². The van der Waals surface area contributed by atoms with Gasteiger partial charge in [-0.25, -0.2) is 15.6 Å². The number of ether oxygens (including phenoxy) is 1. The van der Waals surface area contributed by atoms with Crippen molar-refractivity contribution < 1.29 is 28.8 Å². The molecule has 2 aromatic heterocycles. The molecule has 4 heterocycles. The van der Waals surface area contributed by atoms with Crippen LogP contribution in [0.5, 0.6) is 0 Å². The highest BCUT2D eigenvalue weighted by Crippen LogP contribution is 2.43. The lowest BCUT2D eigenvalue weighted by Gasteiger charge is -2.49. The number of carbonyl (C=O) groups excluding carboxylic acids is 4. The van der Waals surface area contributed by atoms with Crippen LogP contribution in [0, 0.1) is 0 Å². The average Bonchev–Trinajstić information content (AvgIpc) is 3.82. The molecule has 0 saturated carbocycles. The predicted octanol–water partition coefficient (Wildman–Crippen LogP) is 2.07. The van der Waals surface area contributed by atoms with Gasteiger partial charge in [-0.2, -0.15) is 0 Å². The molecule has 2 aromatic carbocycles. The second-order valence-electron chi connectivity index (χ2n) is 10.3. The van der Waals surface area contributed by atoms with Crippen LogP contribution >= 0.6 is 46.2 Å². The summed E-state index contributed by atoms with van der Waals surface area (Å²) in [6.07, 6.45) is -0.745. The molecule has 6 N–H and O–H groups in total. The van der Waals surface area contributed by atoms with Crippen LogP contribution in [0.1, 0.15) is 22.9 Å². The van der Waals surface area contributed by atoms with Gasteiger partial charge in [-0.05, 0) is 16.7 Å². The largest absolute Gasteiger partial charge is 0.448 e. The molecule has 0 radical (unpaired) electrons. The Morgan fingerprint density at radius 1 is 1.08 bits per heavy atom. The number of carbonyl (C=O) groups is 4. The molecule has 3 amide bonds. The number of esters is 1. The molecule has 2 aliphatic heterocycles. The molecule has 15 nitrogen and oxygen atoms in total. The highest BCUT2D eigenvalue weighted by atomic mass is 32.2. The number of nitrogens with zero attached hydrogens (tertiary/aromatic N) is 5. The first-order valence-electron chi connectivity index (χ1n) is 14.4. The Hall–Kier alpha value is -4.82. The van der Waals surface area contributed by atoms with Crippen LogP contribution in [0.15, 0.2) is 92.3 Å². The number of hydrogen-bond acceptors (Lipinski definition) is 16. The van der Waals surface area contributed by atoms with Gasteiger partial charge in [0.15, 0.2) is 27.9 Å². The minimum Gasteiger partial charge on any atom is -0.448 e. The monoisotopic (exact) mass is 737 g/mol. The van der Waals surface area contributed by atoms with Gasteiger partial charge < -0.3 is 20.6 Å². The topological polar surface area (TPSA) is 217 Å². The standard InChI is InChI=1S/C30H27N9O6S4/c31-29-34-19(14-47-29)21(38-44-11-20(40)36-32)25(41)35-22-26(42)39-23(18(12-46-27(22)39)13-48-30-37-33-15-49-30)28(43)45-24(16-7-3-1-4-8-16)17-9-5-2-6-10-17/h1-10,14-15,22,24,27H,11-13,32H2,(H2,31,34)(H,35,41)(H,36,40)/b38-21+/t22?,27-/m1/s1. The third kappa shape index (κ3) is 7.75. The molecule has 2 atom stereocenters. The molecule has 49 heavy (non-hydrogen) atoms. The van der Waals surface area contributed by atoms with E-state index in [4.69, 9.17) is 21.2 Å². The summed E-state index contributed by atoms with van der Waals surface area (Å²) in [6.45, 7) is -0.567. The Morgan fingerprint density at radius 2 is 1.80 bits per heavy atom. The van der Waals surface area contributed by atoms with Crippen molar-refractivity contribution in [3.8, 4) is 0 Å². The van der Waals surface area contributed by atoms with Gasteiger partial charge in [-0.3, -0.25) is 24.7 Å². The maximum Gasteiger partial charge on any atom is 0.356 e. The van der Waals surface area contributed by atoms with Crippen LogP contribution in [0.4, 0.5) is 5.13 Å². The zero-order valence-electron chi connectivity index (χ0n) is 25.3. The van der Waals surface area contributed by atoms with Gasteiger partial charge in [0.2, 0.25) is 0 Å². The molecule has 1 unspecified atom stereocenters. The van der Waals surface area contributed by atoms with Crippen molar-refractivity contribution in [2.45, 2.75) is 21.9 Å². The Labute approximate surface area is 295 Å². The maximum atomic E-state index is 14.2. The van der Waals surface area contributed by atoms with Gasteiger partial charge in [-0.15, -0.1) is 33.3 Å². The summed E-state index contributed by atoms with van der Waals surface area (Å²) in [6, 6.07) is 17.6. The van der Waals surface area contributed by atoms with E-state index in [1.807, 2.05) is 66.1 Å². The number of fused-ring (bicyclic) bond motifs is 1. The molecule has 2 aliphatic rings. The fourth-order valence-electron chi connectivity index (χ4n) is 4.91. The summed E-state index contributed by atoms with van der Waals surface area (Å²) in [4.78, 5) is 63.5. The second kappa shape index (κ2) is 15.6. The number of oxime groups is 1. The summed E-state index contributed by atoms with van der Waals surface area (Å²) in [5.74, 6) is 3.14. The molecule has 0 bridgehead atoms. The number of aromatic nitrogens is 3. The smallest absolute Gasteiger partial charge is 0.356 e.